The van der Waals surface area contributed by atoms with Gasteiger partial charge < -0.3 is 20.3 Å². The molecule has 0 radical (unpaired) electrons. The second kappa shape index (κ2) is 7.38. The lowest BCUT2D eigenvalue weighted by molar-refractivity contribution is 0.0696. The number of benzene rings is 1. The fourth-order valence-electron chi connectivity index (χ4n) is 1.51. The fourth-order valence-corrected chi connectivity index (χ4v) is 1.51. The molecule has 6 heteroatoms. The number of carbonyl (C=O) groups is 2. The van der Waals surface area contributed by atoms with E-state index in [2.05, 4.69) is 5.32 Å². The molecule has 0 heterocycles. The molecule has 1 aromatic carbocycles. The van der Waals surface area contributed by atoms with Crippen LogP contribution in [-0.2, 0) is 0 Å². The monoisotopic (exact) mass is 267 g/mol. The molecule has 6 nitrogen and oxygen atoms in total. The summed E-state index contributed by atoms with van der Waals surface area (Å²) < 4.78 is 4.96. The van der Waals surface area contributed by atoms with Crippen LogP contribution in [-0.4, -0.2) is 42.4 Å². The van der Waals surface area contributed by atoms with Gasteiger partial charge in [-0.05, 0) is 31.0 Å². The van der Waals surface area contributed by atoms with Gasteiger partial charge >= 0.3 is 5.97 Å². The molecule has 1 amide bonds. The zero-order valence-corrected chi connectivity index (χ0v) is 10.7. The number of ether oxygens (including phenoxy) is 1. The second-order valence-corrected chi connectivity index (χ2v) is 3.94. The van der Waals surface area contributed by atoms with E-state index in [0.717, 1.165) is 0 Å². The number of nitrogens with one attached hydrogen (secondary N) is 1. The van der Waals surface area contributed by atoms with Crippen LogP contribution >= 0.6 is 0 Å². The zero-order valence-electron chi connectivity index (χ0n) is 10.7. The highest BCUT2D eigenvalue weighted by Gasteiger charge is 2.12. The summed E-state index contributed by atoms with van der Waals surface area (Å²) in [5, 5.41) is 20.2. The number of rotatable bonds is 7. The summed E-state index contributed by atoms with van der Waals surface area (Å²) in [7, 11) is 1.41. The average Bonchev–Trinajstić information content (AvgIpc) is 2.42. The van der Waals surface area contributed by atoms with Crippen LogP contribution in [0.15, 0.2) is 18.2 Å². The van der Waals surface area contributed by atoms with E-state index in [9.17, 15) is 9.59 Å². The number of amides is 1. The van der Waals surface area contributed by atoms with Crippen molar-refractivity contribution in [1.82, 2.24) is 5.32 Å². The van der Waals surface area contributed by atoms with Crippen molar-refractivity contribution in [2.75, 3.05) is 20.3 Å². The largest absolute Gasteiger partial charge is 0.497 e. The van der Waals surface area contributed by atoms with Gasteiger partial charge in [-0.25, -0.2) is 4.79 Å². The highest BCUT2D eigenvalue weighted by Crippen LogP contribution is 2.17. The number of carboxylic acid groups (broad SMARTS) is 1. The van der Waals surface area contributed by atoms with E-state index in [-0.39, 0.29) is 23.6 Å². The number of unbranched alkanes of at least 4 members (excludes halogenated alkanes) is 1. The maximum Gasteiger partial charge on any atom is 0.335 e. The first-order chi connectivity index (χ1) is 9.08. The summed E-state index contributed by atoms with van der Waals surface area (Å²) in [6, 6.07) is 4.13. The molecule has 0 aliphatic rings. The molecular weight excluding hydrogens is 250 g/mol. The highest BCUT2D eigenvalue weighted by atomic mass is 16.5. The predicted molar refractivity (Wildman–Crippen MR) is 68.6 cm³/mol. The number of hydrogen-bond acceptors (Lipinski definition) is 4. The number of carboxylic acids is 1. The first-order valence-corrected chi connectivity index (χ1v) is 5.90. The summed E-state index contributed by atoms with van der Waals surface area (Å²) in [6.45, 7) is 0.511. The van der Waals surface area contributed by atoms with Gasteiger partial charge in [0.2, 0.25) is 0 Å². The summed E-state index contributed by atoms with van der Waals surface area (Å²) in [4.78, 5) is 22.8. The van der Waals surface area contributed by atoms with E-state index in [1.54, 1.807) is 0 Å². The Morgan fingerprint density at radius 1 is 1.21 bits per heavy atom. The molecule has 0 bridgehead atoms. The second-order valence-electron chi connectivity index (χ2n) is 3.94. The first-order valence-electron chi connectivity index (χ1n) is 5.90. The van der Waals surface area contributed by atoms with Gasteiger partial charge in [0.25, 0.3) is 5.91 Å². The van der Waals surface area contributed by atoms with Gasteiger partial charge in [0, 0.05) is 18.7 Å². The van der Waals surface area contributed by atoms with Crippen molar-refractivity contribution in [2.45, 2.75) is 12.8 Å². The van der Waals surface area contributed by atoms with E-state index in [1.165, 1.54) is 25.3 Å². The molecule has 0 aromatic heterocycles. The lowest BCUT2D eigenvalue weighted by Crippen LogP contribution is -2.24. The third-order valence-corrected chi connectivity index (χ3v) is 2.52. The first kappa shape index (κ1) is 15.0. The number of methoxy groups -OCH3 is 1. The van der Waals surface area contributed by atoms with Crippen LogP contribution in [0.3, 0.4) is 0 Å². The van der Waals surface area contributed by atoms with Gasteiger partial charge in [-0.3, -0.25) is 4.79 Å². The topological polar surface area (TPSA) is 95.9 Å². The van der Waals surface area contributed by atoms with Crippen molar-refractivity contribution in [3.05, 3.63) is 29.3 Å². The zero-order chi connectivity index (χ0) is 14.3. The molecule has 0 aliphatic heterocycles. The number of aliphatic hydroxyl groups excluding tert-OH is 1. The number of carbonyl (C=O) groups excluding carboxylic acids is 1. The molecule has 0 saturated carbocycles. The molecule has 19 heavy (non-hydrogen) atoms. The van der Waals surface area contributed by atoms with Crippen molar-refractivity contribution in [2.24, 2.45) is 0 Å². The SMILES string of the molecule is COc1cc(C(=O)O)cc(C(=O)NCCCCO)c1. The minimum atomic E-state index is -1.12. The Morgan fingerprint density at radius 3 is 2.47 bits per heavy atom. The van der Waals surface area contributed by atoms with Crippen LogP contribution in [0.25, 0.3) is 0 Å². The van der Waals surface area contributed by atoms with Crippen LogP contribution in [0, 0.1) is 0 Å². The Labute approximate surface area is 111 Å². The van der Waals surface area contributed by atoms with Crippen molar-refractivity contribution < 1.29 is 24.5 Å². The normalized spacial score (nSPS) is 10.0. The van der Waals surface area contributed by atoms with Gasteiger partial charge in [-0.1, -0.05) is 0 Å². The fraction of sp³-hybridized carbons (Fsp3) is 0.385. The molecule has 0 spiro atoms. The van der Waals surface area contributed by atoms with Gasteiger partial charge in [-0.15, -0.1) is 0 Å². The molecule has 0 atom stereocenters. The molecule has 0 fully saturated rings. The summed E-state index contributed by atoms with van der Waals surface area (Å²) in [6.07, 6.45) is 1.27. The Balaban J connectivity index is 2.78. The van der Waals surface area contributed by atoms with Crippen LogP contribution in [0.1, 0.15) is 33.6 Å². The van der Waals surface area contributed by atoms with Gasteiger partial charge in [0.1, 0.15) is 5.75 Å². The summed E-state index contributed by atoms with van der Waals surface area (Å²) in [5.41, 5.74) is 0.237. The third-order valence-electron chi connectivity index (χ3n) is 2.52. The van der Waals surface area contributed by atoms with Crippen molar-refractivity contribution in [3.8, 4) is 5.75 Å². The molecular formula is C13H17NO5. The molecule has 1 aromatic rings. The Hall–Kier alpha value is -2.08. The molecule has 3 N–H and O–H groups in total. The quantitative estimate of drug-likeness (QED) is 0.638. The molecule has 0 aliphatic carbocycles. The van der Waals surface area contributed by atoms with Crippen molar-refractivity contribution >= 4 is 11.9 Å². The van der Waals surface area contributed by atoms with Gasteiger partial charge in [-0.2, -0.15) is 0 Å². The van der Waals surface area contributed by atoms with E-state index >= 15 is 0 Å². The molecule has 0 saturated heterocycles. The van der Waals surface area contributed by atoms with Crippen molar-refractivity contribution in [1.29, 1.82) is 0 Å². The predicted octanol–water partition coefficient (Wildman–Crippen LogP) is 0.896. The van der Waals surface area contributed by atoms with E-state index in [0.29, 0.717) is 25.1 Å². The molecule has 0 unspecified atom stereocenters. The number of hydrogen-bond donors (Lipinski definition) is 3. The maximum atomic E-state index is 11.8. The Kier molecular flexibility index (Phi) is 5.81. The van der Waals surface area contributed by atoms with E-state index < -0.39 is 5.97 Å². The Morgan fingerprint density at radius 2 is 1.89 bits per heavy atom. The van der Waals surface area contributed by atoms with E-state index in [4.69, 9.17) is 14.9 Å². The Bertz CT molecular complexity index is 458. The van der Waals surface area contributed by atoms with Gasteiger partial charge in [0.05, 0.1) is 12.7 Å². The molecule has 104 valence electrons. The van der Waals surface area contributed by atoms with Gasteiger partial charge in [0.15, 0.2) is 0 Å². The van der Waals surface area contributed by atoms with Crippen LogP contribution in [0.2, 0.25) is 0 Å². The summed E-state index contributed by atoms with van der Waals surface area (Å²) in [5.74, 6) is -1.16. The van der Waals surface area contributed by atoms with Crippen molar-refractivity contribution in [3.63, 3.8) is 0 Å². The van der Waals surface area contributed by atoms with E-state index in [1.807, 2.05) is 0 Å². The minimum Gasteiger partial charge on any atom is -0.497 e. The van der Waals surface area contributed by atoms with Crippen LogP contribution in [0.4, 0.5) is 0 Å². The lowest BCUT2D eigenvalue weighted by Gasteiger charge is -2.08. The highest BCUT2D eigenvalue weighted by molar-refractivity contribution is 5.98. The summed E-state index contributed by atoms with van der Waals surface area (Å²) >= 11 is 0. The maximum absolute atomic E-state index is 11.8. The average molecular weight is 267 g/mol. The number of aliphatic hydroxyl groups is 1. The molecule has 1 rings (SSSR count). The third kappa shape index (κ3) is 4.59. The van der Waals surface area contributed by atoms with Crippen LogP contribution < -0.4 is 10.1 Å². The minimum absolute atomic E-state index is 0.000131. The smallest absolute Gasteiger partial charge is 0.335 e. The standard InChI is InChI=1S/C13H17NO5/c1-19-11-7-9(6-10(8-11)13(17)18)12(16)14-4-2-3-5-15/h6-8,15H,2-5H2,1H3,(H,14,16)(H,17,18). The van der Waals surface area contributed by atoms with Crippen LogP contribution in [0.5, 0.6) is 5.75 Å². The number of aromatic carboxylic acids is 1. The lowest BCUT2D eigenvalue weighted by atomic mass is 10.1.